The molecule has 1 fully saturated rings. The highest BCUT2D eigenvalue weighted by atomic mass is 35.5. The smallest absolute Gasteiger partial charge is 0.0705 e. The van der Waals surface area contributed by atoms with Crippen molar-refractivity contribution in [2.24, 2.45) is 0 Å². The van der Waals surface area contributed by atoms with Crippen LogP contribution >= 0.6 is 11.6 Å². The number of benzene rings is 1. The van der Waals surface area contributed by atoms with Crippen LogP contribution in [-0.2, 0) is 6.54 Å². The van der Waals surface area contributed by atoms with Crippen LogP contribution < -0.4 is 0 Å². The van der Waals surface area contributed by atoms with Crippen molar-refractivity contribution in [1.82, 2.24) is 14.8 Å². The van der Waals surface area contributed by atoms with Gasteiger partial charge in [-0.05, 0) is 37.2 Å². The Morgan fingerprint density at radius 2 is 1.81 bits per heavy atom. The number of hydrogen-bond donors (Lipinski definition) is 0. The van der Waals surface area contributed by atoms with Gasteiger partial charge in [0, 0.05) is 43.6 Å². The molecule has 0 unspecified atom stereocenters. The Bertz CT molecular complexity index is 582. The summed E-state index contributed by atoms with van der Waals surface area (Å²) in [5.74, 6) is 0.731. The van der Waals surface area contributed by atoms with E-state index in [9.17, 15) is 0 Å². The average Bonchev–Trinajstić information content (AvgIpc) is 2.74. The van der Waals surface area contributed by atoms with E-state index in [2.05, 4.69) is 45.1 Å². The molecule has 0 bridgehead atoms. The summed E-state index contributed by atoms with van der Waals surface area (Å²) in [6, 6.07) is 10.6. The highest BCUT2D eigenvalue weighted by Crippen LogP contribution is 2.18. The molecular formula is C17H22ClN3. The first kappa shape index (κ1) is 14.8. The highest BCUT2D eigenvalue weighted by Gasteiger charge is 2.15. The van der Waals surface area contributed by atoms with Crippen LogP contribution in [-0.4, -0.2) is 53.4 Å². The molecule has 0 radical (unpaired) electrons. The summed E-state index contributed by atoms with van der Waals surface area (Å²) in [6.45, 7) is 6.59. The summed E-state index contributed by atoms with van der Waals surface area (Å²) in [7, 11) is 0. The molecule has 2 aromatic rings. The molecule has 1 aliphatic rings. The van der Waals surface area contributed by atoms with Gasteiger partial charge in [0.25, 0.3) is 0 Å². The number of halogens is 1. The Morgan fingerprint density at radius 1 is 1.00 bits per heavy atom. The molecule has 0 aliphatic carbocycles. The number of hydrogen-bond acceptors (Lipinski definition) is 3. The first-order valence-corrected chi connectivity index (χ1v) is 8.23. The Labute approximate surface area is 131 Å². The van der Waals surface area contributed by atoms with Gasteiger partial charge in [-0.3, -0.25) is 9.88 Å². The van der Waals surface area contributed by atoms with Gasteiger partial charge >= 0.3 is 0 Å². The SMILES string of the molecule is ClCCN1CCCN(Cc2ccnc3ccccc23)CC1. The lowest BCUT2D eigenvalue weighted by Gasteiger charge is -2.21. The number of alkyl halides is 1. The fourth-order valence-corrected chi connectivity index (χ4v) is 3.30. The van der Waals surface area contributed by atoms with E-state index < -0.39 is 0 Å². The number of fused-ring (bicyclic) bond motifs is 1. The van der Waals surface area contributed by atoms with Crippen LogP contribution in [0.15, 0.2) is 36.5 Å². The second-order valence-electron chi connectivity index (χ2n) is 5.65. The van der Waals surface area contributed by atoms with Crippen molar-refractivity contribution >= 4 is 22.5 Å². The van der Waals surface area contributed by atoms with Gasteiger partial charge in [0.1, 0.15) is 0 Å². The minimum Gasteiger partial charge on any atom is -0.301 e. The molecule has 1 aromatic heterocycles. The Hall–Kier alpha value is -1.16. The zero-order valence-electron chi connectivity index (χ0n) is 12.3. The first-order valence-electron chi connectivity index (χ1n) is 7.70. The molecule has 4 heteroatoms. The molecule has 1 aliphatic heterocycles. The van der Waals surface area contributed by atoms with Gasteiger partial charge in [0.15, 0.2) is 0 Å². The molecule has 0 amide bonds. The molecule has 0 N–H and O–H groups in total. The molecular weight excluding hydrogens is 282 g/mol. The topological polar surface area (TPSA) is 19.4 Å². The lowest BCUT2D eigenvalue weighted by Crippen LogP contribution is -2.31. The largest absolute Gasteiger partial charge is 0.301 e. The van der Waals surface area contributed by atoms with Crippen LogP contribution in [0.4, 0.5) is 0 Å². The molecule has 21 heavy (non-hydrogen) atoms. The van der Waals surface area contributed by atoms with Gasteiger partial charge in [0.05, 0.1) is 5.52 Å². The Balaban J connectivity index is 1.70. The first-order chi connectivity index (χ1) is 10.4. The van der Waals surface area contributed by atoms with Crippen molar-refractivity contribution in [2.45, 2.75) is 13.0 Å². The minimum absolute atomic E-state index is 0.731. The third-order valence-corrected chi connectivity index (χ3v) is 4.38. The molecule has 3 nitrogen and oxygen atoms in total. The van der Waals surface area contributed by atoms with Gasteiger partial charge < -0.3 is 4.90 Å². The lowest BCUT2D eigenvalue weighted by molar-refractivity contribution is 0.259. The molecule has 3 rings (SSSR count). The van der Waals surface area contributed by atoms with Crippen molar-refractivity contribution < 1.29 is 0 Å². The van der Waals surface area contributed by atoms with E-state index in [1.165, 1.54) is 23.9 Å². The molecule has 1 saturated heterocycles. The summed E-state index contributed by atoms with van der Waals surface area (Å²) in [6.07, 6.45) is 3.15. The van der Waals surface area contributed by atoms with Crippen LogP contribution in [0.1, 0.15) is 12.0 Å². The van der Waals surface area contributed by atoms with Gasteiger partial charge in [0.2, 0.25) is 0 Å². The van der Waals surface area contributed by atoms with Crippen molar-refractivity contribution in [1.29, 1.82) is 0 Å². The second-order valence-corrected chi connectivity index (χ2v) is 6.03. The van der Waals surface area contributed by atoms with Crippen LogP contribution in [0.5, 0.6) is 0 Å². The van der Waals surface area contributed by atoms with Crippen molar-refractivity contribution in [3.05, 3.63) is 42.1 Å². The zero-order chi connectivity index (χ0) is 14.5. The van der Waals surface area contributed by atoms with Crippen LogP contribution in [0.25, 0.3) is 10.9 Å². The van der Waals surface area contributed by atoms with E-state index in [4.69, 9.17) is 11.6 Å². The summed E-state index contributed by atoms with van der Waals surface area (Å²) in [5.41, 5.74) is 2.47. The van der Waals surface area contributed by atoms with Crippen molar-refractivity contribution in [3.8, 4) is 0 Å². The van der Waals surface area contributed by atoms with Crippen LogP contribution in [0.3, 0.4) is 0 Å². The lowest BCUT2D eigenvalue weighted by atomic mass is 10.1. The molecule has 112 valence electrons. The molecule has 0 atom stereocenters. The van der Waals surface area contributed by atoms with E-state index in [0.29, 0.717) is 0 Å². The highest BCUT2D eigenvalue weighted by molar-refractivity contribution is 6.18. The third kappa shape index (κ3) is 3.73. The van der Waals surface area contributed by atoms with E-state index in [0.717, 1.165) is 44.1 Å². The molecule has 2 heterocycles. The minimum atomic E-state index is 0.731. The van der Waals surface area contributed by atoms with Crippen molar-refractivity contribution in [3.63, 3.8) is 0 Å². The fourth-order valence-electron chi connectivity index (χ4n) is 3.06. The number of pyridine rings is 1. The second kappa shape index (κ2) is 7.21. The maximum atomic E-state index is 5.86. The average molecular weight is 304 g/mol. The van der Waals surface area contributed by atoms with Gasteiger partial charge in [-0.1, -0.05) is 18.2 Å². The van der Waals surface area contributed by atoms with Crippen molar-refractivity contribution in [2.75, 3.05) is 38.6 Å². The normalized spacial score (nSPS) is 18.0. The predicted octanol–water partition coefficient (Wildman–Crippen LogP) is 2.98. The number of nitrogens with zero attached hydrogens (tertiary/aromatic N) is 3. The summed E-state index contributed by atoms with van der Waals surface area (Å²) >= 11 is 5.86. The maximum absolute atomic E-state index is 5.86. The van der Waals surface area contributed by atoms with E-state index in [1.54, 1.807) is 0 Å². The summed E-state index contributed by atoms with van der Waals surface area (Å²) in [4.78, 5) is 9.47. The molecule has 0 spiro atoms. The standard InChI is InChI=1S/C17H22ClN3/c18-7-11-20-9-3-10-21(13-12-20)14-15-6-8-19-17-5-2-1-4-16(15)17/h1-2,4-6,8H,3,7,9-14H2. The fraction of sp³-hybridized carbons (Fsp3) is 0.471. The number of rotatable bonds is 4. The summed E-state index contributed by atoms with van der Waals surface area (Å²) < 4.78 is 0. The number of aromatic nitrogens is 1. The Kier molecular flexibility index (Phi) is 5.07. The quantitative estimate of drug-likeness (QED) is 0.810. The Morgan fingerprint density at radius 3 is 2.71 bits per heavy atom. The van der Waals surface area contributed by atoms with Gasteiger partial charge in [-0.2, -0.15) is 0 Å². The van der Waals surface area contributed by atoms with Crippen LogP contribution in [0.2, 0.25) is 0 Å². The van der Waals surface area contributed by atoms with E-state index in [1.807, 2.05) is 6.20 Å². The molecule has 1 aromatic carbocycles. The predicted molar refractivity (Wildman–Crippen MR) is 88.8 cm³/mol. The molecule has 0 saturated carbocycles. The third-order valence-electron chi connectivity index (χ3n) is 4.22. The maximum Gasteiger partial charge on any atom is 0.0705 e. The van der Waals surface area contributed by atoms with Gasteiger partial charge in [-0.25, -0.2) is 0 Å². The van der Waals surface area contributed by atoms with Crippen LogP contribution in [0, 0.1) is 0 Å². The zero-order valence-corrected chi connectivity index (χ0v) is 13.1. The summed E-state index contributed by atoms with van der Waals surface area (Å²) in [5, 5.41) is 1.28. The monoisotopic (exact) mass is 303 g/mol. The van der Waals surface area contributed by atoms with E-state index in [-0.39, 0.29) is 0 Å². The van der Waals surface area contributed by atoms with Gasteiger partial charge in [-0.15, -0.1) is 11.6 Å². The van der Waals surface area contributed by atoms with E-state index >= 15 is 0 Å². The number of para-hydroxylation sites is 1.